The number of carbonyl (C=O) groups is 2. The lowest BCUT2D eigenvalue weighted by atomic mass is 9.96. The number of hydrazone groups is 1. The van der Waals surface area contributed by atoms with Gasteiger partial charge in [-0.2, -0.15) is 5.10 Å². The Bertz CT molecular complexity index is 1460. The van der Waals surface area contributed by atoms with Gasteiger partial charge in [-0.15, -0.1) is 0 Å². The van der Waals surface area contributed by atoms with Crippen LogP contribution >= 0.6 is 0 Å². The lowest BCUT2D eigenvalue weighted by Gasteiger charge is -2.44. The fourth-order valence-corrected chi connectivity index (χ4v) is 5.24. The van der Waals surface area contributed by atoms with Gasteiger partial charge in [-0.05, 0) is 48.6 Å². The molecule has 10 nitrogen and oxygen atoms in total. The van der Waals surface area contributed by atoms with Crippen LogP contribution in [-0.4, -0.2) is 53.5 Å². The lowest BCUT2D eigenvalue weighted by molar-refractivity contribution is -0.0246. The highest BCUT2D eigenvalue weighted by atomic mass is 16.5. The van der Waals surface area contributed by atoms with Crippen LogP contribution in [0, 0.1) is 0 Å². The van der Waals surface area contributed by atoms with E-state index in [0.717, 1.165) is 23.7 Å². The summed E-state index contributed by atoms with van der Waals surface area (Å²) in [5.74, 6) is 6.56. The number of nitrogens with zero attached hydrogens (tertiary/aromatic N) is 3. The van der Waals surface area contributed by atoms with Gasteiger partial charge in [0.05, 0.1) is 18.2 Å². The highest BCUT2D eigenvalue weighted by Gasteiger charge is 2.43. The molecule has 0 radical (unpaired) electrons. The molecule has 3 aliphatic rings. The minimum Gasteiger partial charge on any atom is -0.496 e. The van der Waals surface area contributed by atoms with E-state index >= 15 is 0 Å². The SMILES string of the molecule is COc1cc(C(=O)N2CCC3(CC2)NC(=O)c2cc(/C(N)=N/N)ccc2O3)nc2c(C3CC3)cccc12. The van der Waals surface area contributed by atoms with Crippen molar-refractivity contribution in [3.63, 3.8) is 0 Å². The van der Waals surface area contributed by atoms with Crippen LogP contribution in [0.25, 0.3) is 10.9 Å². The maximum atomic E-state index is 13.5. The highest BCUT2D eigenvalue weighted by molar-refractivity contribution is 6.03. The molecule has 1 saturated carbocycles. The number of para-hydroxylation sites is 1. The number of methoxy groups -OCH3 is 1. The Hall–Kier alpha value is -4.34. The number of aromatic nitrogens is 1. The number of carbonyl (C=O) groups excluding carboxylic acids is 2. The Labute approximate surface area is 213 Å². The first-order valence-corrected chi connectivity index (χ1v) is 12.4. The molecule has 1 aliphatic carbocycles. The molecule has 190 valence electrons. The van der Waals surface area contributed by atoms with Crippen LogP contribution in [0.15, 0.2) is 47.6 Å². The lowest BCUT2D eigenvalue weighted by Crippen LogP contribution is -2.61. The van der Waals surface area contributed by atoms with Crippen molar-refractivity contribution in [1.82, 2.24) is 15.2 Å². The number of fused-ring (bicyclic) bond motifs is 2. The van der Waals surface area contributed by atoms with E-state index in [2.05, 4.69) is 16.5 Å². The molecule has 6 rings (SSSR count). The number of pyridine rings is 1. The summed E-state index contributed by atoms with van der Waals surface area (Å²) in [4.78, 5) is 33.0. The Balaban J connectivity index is 1.22. The molecular weight excluding hydrogens is 472 g/mol. The first kappa shape index (κ1) is 23.1. The molecular formula is C27H28N6O4. The number of benzene rings is 2. The fraction of sp³-hybridized carbons (Fsp3) is 0.333. The number of amides is 2. The second-order valence-corrected chi connectivity index (χ2v) is 9.80. The van der Waals surface area contributed by atoms with Gasteiger partial charge in [-0.25, -0.2) is 4.98 Å². The number of hydrogen-bond acceptors (Lipinski definition) is 7. The molecule has 10 heteroatoms. The minimum atomic E-state index is -0.885. The summed E-state index contributed by atoms with van der Waals surface area (Å²) in [6.07, 6.45) is 3.16. The number of rotatable bonds is 4. The summed E-state index contributed by atoms with van der Waals surface area (Å²) in [5.41, 5.74) is 8.16. The highest BCUT2D eigenvalue weighted by Crippen LogP contribution is 2.44. The summed E-state index contributed by atoms with van der Waals surface area (Å²) >= 11 is 0. The molecule has 0 unspecified atom stereocenters. The fourth-order valence-electron chi connectivity index (χ4n) is 5.24. The van der Waals surface area contributed by atoms with Crippen molar-refractivity contribution < 1.29 is 19.1 Å². The molecule has 1 spiro atoms. The molecule has 5 N–H and O–H groups in total. The van der Waals surface area contributed by atoms with Gasteiger partial charge in [-0.1, -0.05) is 12.1 Å². The van der Waals surface area contributed by atoms with Gasteiger partial charge in [0.15, 0.2) is 5.72 Å². The first-order chi connectivity index (χ1) is 17.9. The van der Waals surface area contributed by atoms with Crippen LogP contribution in [0.3, 0.4) is 0 Å². The predicted molar refractivity (Wildman–Crippen MR) is 138 cm³/mol. The van der Waals surface area contributed by atoms with Crippen molar-refractivity contribution >= 4 is 28.6 Å². The zero-order chi connectivity index (χ0) is 25.7. The van der Waals surface area contributed by atoms with Gasteiger partial charge in [0.1, 0.15) is 23.0 Å². The quantitative estimate of drug-likeness (QED) is 0.216. The van der Waals surface area contributed by atoms with Crippen LogP contribution in [-0.2, 0) is 0 Å². The van der Waals surface area contributed by atoms with E-state index in [-0.39, 0.29) is 17.6 Å². The van der Waals surface area contributed by atoms with Crippen LogP contribution in [0.1, 0.15) is 63.6 Å². The maximum absolute atomic E-state index is 13.5. The van der Waals surface area contributed by atoms with Crippen molar-refractivity contribution in [3.05, 3.63) is 64.8 Å². The number of likely N-dealkylation sites (tertiary alicyclic amines) is 1. The second kappa shape index (κ2) is 8.65. The average Bonchev–Trinajstić information content (AvgIpc) is 3.77. The average molecular weight is 501 g/mol. The third-order valence-corrected chi connectivity index (χ3v) is 7.45. The van der Waals surface area contributed by atoms with Crippen molar-refractivity contribution in [2.45, 2.75) is 37.3 Å². The van der Waals surface area contributed by atoms with Gasteiger partial charge in [-0.3, -0.25) is 9.59 Å². The topological polar surface area (TPSA) is 145 Å². The van der Waals surface area contributed by atoms with Crippen LogP contribution in [0.4, 0.5) is 0 Å². The number of hydrogen-bond donors (Lipinski definition) is 3. The van der Waals surface area contributed by atoms with Gasteiger partial charge < -0.3 is 31.3 Å². The van der Waals surface area contributed by atoms with E-state index in [4.69, 9.17) is 26.0 Å². The molecule has 2 amide bonds. The largest absolute Gasteiger partial charge is 0.496 e. The smallest absolute Gasteiger partial charge is 0.272 e. The van der Waals surface area contributed by atoms with Crippen molar-refractivity contribution in [2.24, 2.45) is 16.7 Å². The Morgan fingerprint density at radius 1 is 1.22 bits per heavy atom. The predicted octanol–water partition coefficient (Wildman–Crippen LogP) is 2.45. The second-order valence-electron chi connectivity index (χ2n) is 9.80. The number of ether oxygens (including phenoxy) is 2. The zero-order valence-corrected chi connectivity index (χ0v) is 20.5. The molecule has 2 aliphatic heterocycles. The van der Waals surface area contributed by atoms with E-state index in [1.807, 2.05) is 12.1 Å². The molecule has 1 aromatic heterocycles. The molecule has 2 aromatic carbocycles. The number of nitrogens with one attached hydrogen (secondary N) is 1. The third kappa shape index (κ3) is 3.98. The molecule has 1 saturated heterocycles. The van der Waals surface area contributed by atoms with Crippen LogP contribution < -0.4 is 26.4 Å². The summed E-state index contributed by atoms with van der Waals surface area (Å²) in [5, 5.41) is 7.39. The van der Waals surface area contributed by atoms with Gasteiger partial charge in [0.2, 0.25) is 0 Å². The number of amidine groups is 1. The number of nitrogens with two attached hydrogens (primary N) is 2. The monoisotopic (exact) mass is 500 g/mol. The van der Waals surface area contributed by atoms with Crippen LogP contribution in [0.2, 0.25) is 0 Å². The van der Waals surface area contributed by atoms with E-state index in [1.165, 1.54) is 5.56 Å². The summed E-state index contributed by atoms with van der Waals surface area (Å²) in [6.45, 7) is 0.817. The van der Waals surface area contributed by atoms with Gasteiger partial charge in [0.25, 0.3) is 11.8 Å². The Morgan fingerprint density at radius 3 is 2.70 bits per heavy atom. The normalized spacial score (nSPS) is 18.8. The molecule has 37 heavy (non-hydrogen) atoms. The van der Waals surface area contributed by atoms with Gasteiger partial charge >= 0.3 is 0 Å². The standard InChI is InChI=1S/C27H28N6O4/c1-36-22-14-20(30-23-17(15-5-6-15)3-2-4-18(22)23)26(35)33-11-9-27(10-12-33)31-25(34)19-13-16(24(28)32-29)7-8-21(19)37-27/h2-4,7-8,13-15H,5-6,9-12,29H2,1H3,(H2,28,32)(H,31,34). The van der Waals surface area contributed by atoms with E-state index in [1.54, 1.807) is 36.3 Å². The van der Waals surface area contributed by atoms with Crippen molar-refractivity contribution in [3.8, 4) is 11.5 Å². The summed E-state index contributed by atoms with van der Waals surface area (Å²) < 4.78 is 11.9. The van der Waals surface area contributed by atoms with E-state index < -0.39 is 5.72 Å². The third-order valence-electron chi connectivity index (χ3n) is 7.45. The maximum Gasteiger partial charge on any atom is 0.272 e. The van der Waals surface area contributed by atoms with E-state index in [0.29, 0.717) is 60.2 Å². The van der Waals surface area contributed by atoms with Crippen molar-refractivity contribution in [1.29, 1.82) is 0 Å². The number of piperidine rings is 1. The molecule has 2 fully saturated rings. The molecule has 3 heterocycles. The zero-order valence-electron chi connectivity index (χ0n) is 20.5. The summed E-state index contributed by atoms with van der Waals surface area (Å²) in [7, 11) is 1.61. The first-order valence-electron chi connectivity index (χ1n) is 12.4. The minimum absolute atomic E-state index is 0.130. The van der Waals surface area contributed by atoms with Crippen molar-refractivity contribution in [2.75, 3.05) is 20.2 Å². The molecule has 0 atom stereocenters. The summed E-state index contributed by atoms with van der Waals surface area (Å²) in [6, 6.07) is 12.8. The van der Waals surface area contributed by atoms with E-state index in [9.17, 15) is 9.59 Å². The Kier molecular flexibility index (Phi) is 5.40. The Morgan fingerprint density at radius 2 is 2.00 bits per heavy atom. The molecule has 3 aromatic rings. The van der Waals surface area contributed by atoms with Gasteiger partial charge in [0, 0.05) is 42.9 Å². The van der Waals surface area contributed by atoms with Crippen LogP contribution in [0.5, 0.6) is 11.5 Å². The molecule has 0 bridgehead atoms.